The Morgan fingerprint density at radius 1 is 1.21 bits per heavy atom. The van der Waals surface area contributed by atoms with Crippen LogP contribution in [0.4, 0.5) is 5.69 Å². The molecule has 3 heteroatoms. The fraction of sp³-hybridized carbons (Fsp3) is 0.562. The first-order chi connectivity index (χ1) is 9.24. The number of fused-ring (bicyclic) bond motifs is 1. The number of nitrogens with one attached hydrogen (secondary N) is 1. The third-order valence-electron chi connectivity index (χ3n) is 4.48. The minimum Gasteiger partial charge on any atom is -0.335 e. The van der Waals surface area contributed by atoms with Crippen molar-refractivity contribution in [3.8, 4) is 0 Å². The van der Waals surface area contributed by atoms with Gasteiger partial charge >= 0.3 is 0 Å². The average Bonchev–Trinajstić information content (AvgIpc) is 3.05. The molecule has 3 rings (SSSR count). The second kappa shape index (κ2) is 5.20. The van der Waals surface area contributed by atoms with Gasteiger partial charge in [-0.2, -0.15) is 0 Å². The highest BCUT2D eigenvalue weighted by Gasteiger charge is 2.32. The van der Waals surface area contributed by atoms with Crippen LogP contribution < -0.4 is 5.32 Å². The zero-order valence-corrected chi connectivity index (χ0v) is 12.6. The second-order valence-electron chi connectivity index (χ2n) is 5.60. The topological polar surface area (TPSA) is 24.4 Å². The van der Waals surface area contributed by atoms with Crippen molar-refractivity contribution in [3.05, 3.63) is 29.3 Å². The molecule has 102 valence electrons. The van der Waals surface area contributed by atoms with Crippen molar-refractivity contribution >= 4 is 22.6 Å². The number of anilines is 1. The molecule has 2 nitrogen and oxygen atoms in total. The number of aryl methyl sites for hydroxylation is 2. The number of hydrogen-bond donors (Lipinski definition) is 1. The average molecular weight is 274 g/mol. The minimum atomic E-state index is 0.170. The maximum atomic E-state index is 4.91. The molecule has 2 aliphatic rings. The Labute approximate surface area is 120 Å². The van der Waals surface area contributed by atoms with Crippen molar-refractivity contribution in [1.29, 1.82) is 0 Å². The lowest BCUT2D eigenvalue weighted by atomic mass is 9.97. The van der Waals surface area contributed by atoms with Crippen LogP contribution in [0.25, 0.3) is 0 Å². The molecule has 19 heavy (non-hydrogen) atoms. The maximum Gasteiger partial charge on any atom is 0.161 e. The number of aliphatic imine (C=N–C) groups is 1. The fourth-order valence-corrected chi connectivity index (χ4v) is 4.26. The van der Waals surface area contributed by atoms with Gasteiger partial charge in [-0.3, -0.25) is 4.99 Å². The lowest BCUT2D eigenvalue weighted by Crippen LogP contribution is -2.24. The van der Waals surface area contributed by atoms with E-state index < -0.39 is 0 Å². The normalized spacial score (nSPS) is 20.2. The zero-order valence-electron chi connectivity index (χ0n) is 11.8. The van der Waals surface area contributed by atoms with Crippen molar-refractivity contribution in [1.82, 2.24) is 0 Å². The van der Waals surface area contributed by atoms with E-state index in [-0.39, 0.29) is 5.54 Å². The van der Waals surface area contributed by atoms with E-state index in [1.165, 1.54) is 36.1 Å². The van der Waals surface area contributed by atoms with Gasteiger partial charge in [0.05, 0.1) is 5.54 Å². The van der Waals surface area contributed by atoms with Crippen LogP contribution in [-0.4, -0.2) is 16.5 Å². The summed E-state index contributed by atoms with van der Waals surface area (Å²) in [6.45, 7) is 4.48. The third-order valence-corrected chi connectivity index (χ3v) is 5.63. The second-order valence-corrected chi connectivity index (χ2v) is 6.56. The van der Waals surface area contributed by atoms with Crippen LogP contribution in [0.15, 0.2) is 23.2 Å². The molecule has 0 fully saturated rings. The maximum absolute atomic E-state index is 4.91. The Bertz CT molecular complexity index is 503. The summed E-state index contributed by atoms with van der Waals surface area (Å²) in [6.07, 6.45) is 6.05. The van der Waals surface area contributed by atoms with Gasteiger partial charge in [0.2, 0.25) is 0 Å². The van der Waals surface area contributed by atoms with Crippen LogP contribution >= 0.6 is 11.8 Å². The number of thioether (sulfide) groups is 1. The molecule has 0 saturated carbocycles. The summed E-state index contributed by atoms with van der Waals surface area (Å²) in [6, 6.07) is 6.78. The molecule has 1 N–H and O–H groups in total. The molecule has 1 aromatic rings. The number of hydrogen-bond acceptors (Lipinski definition) is 3. The highest BCUT2D eigenvalue weighted by Crippen LogP contribution is 2.34. The molecular weight excluding hydrogens is 252 g/mol. The highest BCUT2D eigenvalue weighted by molar-refractivity contribution is 8.14. The van der Waals surface area contributed by atoms with E-state index in [9.17, 15) is 0 Å². The summed E-state index contributed by atoms with van der Waals surface area (Å²) in [5.41, 5.74) is 4.42. The van der Waals surface area contributed by atoms with Crippen LogP contribution in [0.3, 0.4) is 0 Å². The van der Waals surface area contributed by atoms with E-state index in [1.807, 2.05) is 11.8 Å². The first-order valence-corrected chi connectivity index (χ1v) is 8.35. The molecule has 0 aromatic heterocycles. The van der Waals surface area contributed by atoms with E-state index in [0.29, 0.717) is 0 Å². The highest BCUT2D eigenvalue weighted by atomic mass is 32.2. The monoisotopic (exact) mass is 274 g/mol. The molecule has 1 aliphatic carbocycles. The predicted octanol–water partition coefficient (Wildman–Crippen LogP) is 4.25. The van der Waals surface area contributed by atoms with Crippen molar-refractivity contribution in [3.63, 3.8) is 0 Å². The Morgan fingerprint density at radius 2 is 2.00 bits per heavy atom. The molecule has 0 atom stereocenters. The van der Waals surface area contributed by atoms with Gasteiger partial charge in [0.15, 0.2) is 5.17 Å². The van der Waals surface area contributed by atoms with Gasteiger partial charge in [0, 0.05) is 11.4 Å². The zero-order chi connectivity index (χ0) is 13.3. The molecule has 0 bridgehead atoms. The van der Waals surface area contributed by atoms with Crippen molar-refractivity contribution in [2.24, 2.45) is 4.99 Å². The largest absolute Gasteiger partial charge is 0.335 e. The predicted molar refractivity (Wildman–Crippen MR) is 85.3 cm³/mol. The molecule has 0 radical (unpaired) electrons. The number of rotatable bonds is 3. The first kappa shape index (κ1) is 13.0. The lowest BCUT2D eigenvalue weighted by Gasteiger charge is -2.20. The van der Waals surface area contributed by atoms with E-state index in [1.54, 1.807) is 0 Å². The molecule has 0 unspecified atom stereocenters. The van der Waals surface area contributed by atoms with Gasteiger partial charge in [0.1, 0.15) is 0 Å². The summed E-state index contributed by atoms with van der Waals surface area (Å²) in [7, 11) is 0. The standard InChI is InChI=1S/C16H22N2S/c1-3-16(4-2)11-19-15(18-16)17-14-9-8-12-6-5-7-13(12)10-14/h8-10H,3-7,11H2,1-2H3,(H,17,18). The lowest BCUT2D eigenvalue weighted by molar-refractivity contribution is 0.456. The SMILES string of the molecule is CCC1(CC)CSC(Nc2ccc3c(c2)CCC3)=N1. The number of benzene rings is 1. The Balaban J connectivity index is 1.76. The molecule has 1 aromatic carbocycles. The van der Waals surface area contributed by atoms with Crippen LogP contribution in [0.1, 0.15) is 44.2 Å². The summed E-state index contributed by atoms with van der Waals surface area (Å²) < 4.78 is 0. The Kier molecular flexibility index (Phi) is 3.57. The van der Waals surface area contributed by atoms with Crippen LogP contribution in [0, 0.1) is 0 Å². The van der Waals surface area contributed by atoms with Crippen molar-refractivity contribution < 1.29 is 0 Å². The Hall–Kier alpha value is -0.960. The summed E-state index contributed by atoms with van der Waals surface area (Å²) in [4.78, 5) is 4.91. The molecule has 0 spiro atoms. The number of amidine groups is 1. The van der Waals surface area contributed by atoms with Gasteiger partial charge < -0.3 is 5.32 Å². The van der Waals surface area contributed by atoms with Gasteiger partial charge in [0.25, 0.3) is 0 Å². The minimum absolute atomic E-state index is 0.170. The van der Waals surface area contributed by atoms with Crippen LogP contribution in [-0.2, 0) is 12.8 Å². The van der Waals surface area contributed by atoms with Crippen molar-refractivity contribution in [2.45, 2.75) is 51.5 Å². The summed E-state index contributed by atoms with van der Waals surface area (Å²) in [5, 5.41) is 4.61. The Morgan fingerprint density at radius 3 is 2.74 bits per heavy atom. The first-order valence-electron chi connectivity index (χ1n) is 7.36. The van der Waals surface area contributed by atoms with Gasteiger partial charge in [-0.05, 0) is 55.4 Å². The quantitative estimate of drug-likeness (QED) is 0.891. The smallest absolute Gasteiger partial charge is 0.161 e. The van der Waals surface area contributed by atoms with E-state index >= 15 is 0 Å². The van der Waals surface area contributed by atoms with Crippen LogP contribution in [0.2, 0.25) is 0 Å². The van der Waals surface area contributed by atoms with Gasteiger partial charge in [-0.1, -0.05) is 31.7 Å². The van der Waals surface area contributed by atoms with Gasteiger partial charge in [-0.25, -0.2) is 0 Å². The fourth-order valence-electron chi connectivity index (χ4n) is 2.93. The van der Waals surface area contributed by atoms with Crippen molar-refractivity contribution in [2.75, 3.05) is 11.1 Å². The molecular formula is C16H22N2S. The van der Waals surface area contributed by atoms with E-state index in [2.05, 4.69) is 37.4 Å². The molecule has 0 saturated heterocycles. The molecule has 1 aliphatic heterocycles. The molecule has 1 heterocycles. The summed E-state index contributed by atoms with van der Waals surface area (Å²) >= 11 is 1.87. The molecule has 0 amide bonds. The van der Waals surface area contributed by atoms with Crippen LogP contribution in [0.5, 0.6) is 0 Å². The van der Waals surface area contributed by atoms with E-state index in [0.717, 1.165) is 23.8 Å². The van der Waals surface area contributed by atoms with E-state index in [4.69, 9.17) is 4.99 Å². The summed E-state index contributed by atoms with van der Waals surface area (Å²) in [5.74, 6) is 1.12. The number of nitrogens with zero attached hydrogens (tertiary/aromatic N) is 1. The third kappa shape index (κ3) is 2.53. The van der Waals surface area contributed by atoms with Gasteiger partial charge in [-0.15, -0.1) is 0 Å².